The predicted octanol–water partition coefficient (Wildman–Crippen LogP) is 3.24. The fourth-order valence-electron chi connectivity index (χ4n) is 2.14. The molecule has 1 aliphatic rings. The van der Waals surface area contributed by atoms with E-state index < -0.39 is 0 Å². The molecule has 12 heavy (non-hydrogen) atoms. The van der Waals surface area contributed by atoms with Crippen LogP contribution >= 0.6 is 0 Å². The Morgan fingerprint density at radius 1 is 1.50 bits per heavy atom. The van der Waals surface area contributed by atoms with Crippen LogP contribution in [0.15, 0.2) is 0 Å². The van der Waals surface area contributed by atoms with Crippen LogP contribution in [0.5, 0.6) is 0 Å². The number of hydrogen-bond donors (Lipinski definition) is 0. The van der Waals surface area contributed by atoms with Crippen LogP contribution in [-0.2, 0) is 4.74 Å². The third-order valence-corrected chi connectivity index (χ3v) is 2.99. The second-order valence-corrected chi connectivity index (χ2v) is 4.80. The highest BCUT2D eigenvalue weighted by molar-refractivity contribution is 4.83. The van der Waals surface area contributed by atoms with E-state index in [4.69, 9.17) is 4.74 Å². The fraction of sp³-hybridized carbons (Fsp3) is 1.00. The van der Waals surface area contributed by atoms with Gasteiger partial charge < -0.3 is 4.74 Å². The second kappa shape index (κ2) is 3.78. The topological polar surface area (TPSA) is 9.23 Å². The summed E-state index contributed by atoms with van der Waals surface area (Å²) in [6, 6.07) is 0. The van der Waals surface area contributed by atoms with E-state index in [1.807, 2.05) is 0 Å². The molecule has 2 atom stereocenters. The summed E-state index contributed by atoms with van der Waals surface area (Å²) in [5.41, 5.74) is 0.146. The molecule has 72 valence electrons. The van der Waals surface area contributed by atoms with Gasteiger partial charge in [0.05, 0.1) is 12.2 Å². The van der Waals surface area contributed by atoms with Crippen molar-refractivity contribution >= 4 is 0 Å². The molecule has 1 fully saturated rings. The maximum absolute atomic E-state index is 5.72. The SMILES string of the molecule is CCCC(C)C1COC(C)(C)C1. The Hall–Kier alpha value is -0.0400. The molecule has 0 saturated carbocycles. The molecule has 1 rings (SSSR count). The highest BCUT2D eigenvalue weighted by Crippen LogP contribution is 2.35. The lowest BCUT2D eigenvalue weighted by molar-refractivity contribution is 0.0339. The van der Waals surface area contributed by atoms with Gasteiger partial charge >= 0.3 is 0 Å². The molecule has 1 nitrogen and oxygen atoms in total. The minimum atomic E-state index is 0.146. The fourth-order valence-corrected chi connectivity index (χ4v) is 2.14. The third-order valence-electron chi connectivity index (χ3n) is 2.99. The van der Waals surface area contributed by atoms with E-state index in [0.717, 1.165) is 18.4 Å². The Morgan fingerprint density at radius 3 is 2.58 bits per heavy atom. The van der Waals surface area contributed by atoms with Crippen LogP contribution in [-0.4, -0.2) is 12.2 Å². The number of hydrogen-bond acceptors (Lipinski definition) is 1. The highest BCUT2D eigenvalue weighted by Gasteiger charge is 2.34. The Balaban J connectivity index is 2.36. The first-order valence-corrected chi connectivity index (χ1v) is 5.19. The van der Waals surface area contributed by atoms with Crippen molar-refractivity contribution in [2.45, 2.75) is 52.6 Å². The van der Waals surface area contributed by atoms with E-state index in [0.29, 0.717) is 0 Å². The van der Waals surface area contributed by atoms with E-state index >= 15 is 0 Å². The zero-order valence-corrected chi connectivity index (χ0v) is 8.89. The van der Waals surface area contributed by atoms with Gasteiger partial charge in [-0.05, 0) is 32.1 Å². The van der Waals surface area contributed by atoms with Crippen molar-refractivity contribution in [1.82, 2.24) is 0 Å². The highest BCUT2D eigenvalue weighted by atomic mass is 16.5. The molecule has 1 aliphatic heterocycles. The Labute approximate surface area is 76.5 Å². The minimum absolute atomic E-state index is 0.146. The van der Waals surface area contributed by atoms with Crippen molar-refractivity contribution in [2.24, 2.45) is 11.8 Å². The largest absolute Gasteiger partial charge is 0.375 e. The van der Waals surface area contributed by atoms with Crippen molar-refractivity contribution in [3.63, 3.8) is 0 Å². The van der Waals surface area contributed by atoms with Crippen LogP contribution in [0.2, 0.25) is 0 Å². The van der Waals surface area contributed by atoms with Gasteiger partial charge in [0, 0.05) is 0 Å². The third kappa shape index (κ3) is 2.48. The molecule has 0 bridgehead atoms. The van der Waals surface area contributed by atoms with Crippen LogP contribution < -0.4 is 0 Å². The molecule has 0 aliphatic carbocycles. The van der Waals surface area contributed by atoms with E-state index in [9.17, 15) is 0 Å². The smallest absolute Gasteiger partial charge is 0.0630 e. The average Bonchev–Trinajstić information content (AvgIpc) is 2.31. The van der Waals surface area contributed by atoms with Gasteiger partial charge in [-0.15, -0.1) is 0 Å². The minimum Gasteiger partial charge on any atom is -0.375 e. The maximum atomic E-state index is 5.72. The van der Waals surface area contributed by atoms with E-state index in [2.05, 4.69) is 27.7 Å². The Morgan fingerprint density at radius 2 is 2.17 bits per heavy atom. The Kier molecular flexibility index (Phi) is 3.16. The molecule has 1 heterocycles. The predicted molar refractivity (Wildman–Crippen MR) is 52.2 cm³/mol. The molecule has 0 amide bonds. The summed E-state index contributed by atoms with van der Waals surface area (Å²) in [7, 11) is 0. The lowest BCUT2D eigenvalue weighted by Crippen LogP contribution is -2.18. The summed E-state index contributed by atoms with van der Waals surface area (Å²) in [4.78, 5) is 0. The van der Waals surface area contributed by atoms with Crippen molar-refractivity contribution in [2.75, 3.05) is 6.61 Å². The zero-order chi connectivity index (χ0) is 9.19. The first-order chi connectivity index (χ1) is 5.55. The summed E-state index contributed by atoms with van der Waals surface area (Å²) in [5.74, 6) is 1.65. The van der Waals surface area contributed by atoms with Crippen molar-refractivity contribution in [3.05, 3.63) is 0 Å². The monoisotopic (exact) mass is 170 g/mol. The lowest BCUT2D eigenvalue weighted by Gasteiger charge is -2.19. The van der Waals surface area contributed by atoms with Crippen LogP contribution in [0, 0.1) is 11.8 Å². The molecule has 1 saturated heterocycles. The van der Waals surface area contributed by atoms with E-state index in [1.54, 1.807) is 0 Å². The van der Waals surface area contributed by atoms with Crippen molar-refractivity contribution < 1.29 is 4.74 Å². The lowest BCUT2D eigenvalue weighted by atomic mass is 9.85. The maximum Gasteiger partial charge on any atom is 0.0630 e. The van der Waals surface area contributed by atoms with Crippen molar-refractivity contribution in [3.8, 4) is 0 Å². The van der Waals surface area contributed by atoms with Crippen molar-refractivity contribution in [1.29, 1.82) is 0 Å². The molecule has 0 aromatic heterocycles. The first kappa shape index (κ1) is 10.0. The normalized spacial score (nSPS) is 30.5. The van der Waals surface area contributed by atoms with E-state index in [-0.39, 0.29) is 5.60 Å². The van der Waals surface area contributed by atoms with Gasteiger partial charge in [-0.2, -0.15) is 0 Å². The molecule has 0 aromatic rings. The summed E-state index contributed by atoms with van der Waals surface area (Å²) in [6.45, 7) is 10.0. The van der Waals surface area contributed by atoms with Gasteiger partial charge in [-0.3, -0.25) is 0 Å². The van der Waals surface area contributed by atoms with Gasteiger partial charge in [0.25, 0.3) is 0 Å². The quantitative estimate of drug-likeness (QED) is 0.632. The summed E-state index contributed by atoms with van der Waals surface area (Å²) in [5, 5.41) is 0. The van der Waals surface area contributed by atoms with Gasteiger partial charge in [0.1, 0.15) is 0 Å². The Bertz CT molecular complexity index is 140. The van der Waals surface area contributed by atoms with Gasteiger partial charge in [-0.25, -0.2) is 0 Å². The van der Waals surface area contributed by atoms with Gasteiger partial charge in [0.15, 0.2) is 0 Å². The molecular formula is C11H22O. The van der Waals surface area contributed by atoms with Gasteiger partial charge in [-0.1, -0.05) is 26.7 Å². The van der Waals surface area contributed by atoms with Crippen LogP contribution in [0.1, 0.15) is 47.0 Å². The van der Waals surface area contributed by atoms with Crippen LogP contribution in [0.4, 0.5) is 0 Å². The summed E-state index contributed by atoms with van der Waals surface area (Å²) >= 11 is 0. The van der Waals surface area contributed by atoms with Crippen LogP contribution in [0.25, 0.3) is 0 Å². The van der Waals surface area contributed by atoms with Gasteiger partial charge in [0.2, 0.25) is 0 Å². The standard InChI is InChI=1S/C11H22O/c1-5-6-9(2)10-7-11(3,4)12-8-10/h9-10H,5-8H2,1-4H3. The van der Waals surface area contributed by atoms with Crippen LogP contribution in [0.3, 0.4) is 0 Å². The molecule has 0 radical (unpaired) electrons. The summed E-state index contributed by atoms with van der Waals surface area (Å²) in [6.07, 6.45) is 3.90. The second-order valence-electron chi connectivity index (χ2n) is 4.80. The summed E-state index contributed by atoms with van der Waals surface area (Å²) < 4.78 is 5.72. The van der Waals surface area contributed by atoms with E-state index in [1.165, 1.54) is 19.3 Å². The zero-order valence-electron chi connectivity index (χ0n) is 8.89. The molecule has 2 unspecified atom stereocenters. The molecular weight excluding hydrogens is 148 g/mol. The first-order valence-electron chi connectivity index (χ1n) is 5.19. The number of ether oxygens (including phenoxy) is 1. The number of rotatable bonds is 3. The molecule has 0 N–H and O–H groups in total. The molecule has 0 aromatic carbocycles. The average molecular weight is 170 g/mol. The molecule has 1 heteroatoms. The molecule has 0 spiro atoms.